The topological polar surface area (TPSA) is 55.8 Å². The lowest BCUT2D eigenvalue weighted by atomic mass is 10.1. The van der Waals surface area contributed by atoms with E-state index in [0.717, 1.165) is 5.69 Å². The van der Waals surface area contributed by atoms with Crippen molar-refractivity contribution in [1.82, 2.24) is 0 Å². The molecule has 5 nitrogen and oxygen atoms in total. The average molecular weight is 380 g/mol. The molecule has 0 aliphatic carbocycles. The number of carbonyl (C=O) groups excluding carboxylic acids is 2. The summed E-state index contributed by atoms with van der Waals surface area (Å²) in [5, 5.41) is 0.548. The predicted molar refractivity (Wildman–Crippen MR) is 102 cm³/mol. The van der Waals surface area contributed by atoms with Crippen LogP contribution in [0.4, 0.5) is 17.1 Å². The Balaban J connectivity index is 2.01. The number of anilines is 3. The number of hydrogen-bond acceptors (Lipinski definition) is 5. The zero-order valence-electron chi connectivity index (χ0n) is 14.3. The molecule has 0 spiro atoms. The van der Waals surface area contributed by atoms with E-state index in [1.165, 1.54) is 7.11 Å². The average Bonchev–Trinajstić information content (AvgIpc) is 2.81. The molecule has 4 rings (SSSR count). The number of benzene rings is 3. The van der Waals surface area contributed by atoms with E-state index < -0.39 is 11.9 Å². The van der Waals surface area contributed by atoms with Gasteiger partial charge in [-0.2, -0.15) is 0 Å². The fourth-order valence-electron chi connectivity index (χ4n) is 3.04. The van der Waals surface area contributed by atoms with Gasteiger partial charge in [-0.3, -0.25) is 0 Å². The first-order valence-corrected chi connectivity index (χ1v) is 8.55. The van der Waals surface area contributed by atoms with Crippen molar-refractivity contribution in [3.63, 3.8) is 0 Å². The van der Waals surface area contributed by atoms with Gasteiger partial charge in [0.1, 0.15) is 0 Å². The highest BCUT2D eigenvalue weighted by Gasteiger charge is 2.28. The van der Waals surface area contributed by atoms with Crippen LogP contribution < -0.4 is 9.64 Å². The number of hydrogen-bond donors (Lipinski definition) is 0. The Kier molecular flexibility index (Phi) is 4.30. The summed E-state index contributed by atoms with van der Waals surface area (Å²) < 4.78 is 10.4. The van der Waals surface area contributed by atoms with Crippen LogP contribution in [0, 0.1) is 0 Å². The summed E-state index contributed by atoms with van der Waals surface area (Å²) in [6.07, 6.45) is 0. The van der Waals surface area contributed by atoms with E-state index in [1.54, 1.807) is 42.5 Å². The maximum atomic E-state index is 12.6. The third-order valence-corrected chi connectivity index (χ3v) is 4.49. The minimum absolute atomic E-state index is 0.337. The SMILES string of the molecule is COC(=O)c1ccc2c(c1)N(c1cccc(Cl)c1)c1ccccc1C(=O)O2. The first-order valence-electron chi connectivity index (χ1n) is 8.18. The van der Waals surface area contributed by atoms with Crippen LogP contribution in [0.1, 0.15) is 20.7 Å². The molecule has 0 radical (unpaired) electrons. The molecule has 0 saturated heterocycles. The number of carbonyl (C=O) groups is 2. The van der Waals surface area contributed by atoms with Crippen molar-refractivity contribution < 1.29 is 19.1 Å². The molecule has 1 aliphatic rings. The molecule has 3 aromatic rings. The Morgan fingerprint density at radius 1 is 1.00 bits per heavy atom. The summed E-state index contributed by atoms with van der Waals surface area (Å²) in [6.45, 7) is 0. The minimum atomic E-state index is -0.479. The van der Waals surface area contributed by atoms with Gasteiger partial charge in [0.25, 0.3) is 0 Å². The van der Waals surface area contributed by atoms with Crippen LogP contribution in [0.2, 0.25) is 5.02 Å². The quantitative estimate of drug-likeness (QED) is 0.456. The van der Waals surface area contributed by atoms with E-state index in [4.69, 9.17) is 21.1 Å². The Morgan fingerprint density at radius 2 is 1.81 bits per heavy atom. The number of fused-ring (bicyclic) bond motifs is 2. The van der Waals surface area contributed by atoms with E-state index in [1.807, 2.05) is 29.2 Å². The summed E-state index contributed by atoms with van der Waals surface area (Å²) in [4.78, 5) is 26.5. The van der Waals surface area contributed by atoms with Crippen molar-refractivity contribution in [3.8, 4) is 5.75 Å². The molecule has 6 heteroatoms. The van der Waals surface area contributed by atoms with Crippen LogP contribution in [0.5, 0.6) is 5.75 Å². The van der Waals surface area contributed by atoms with E-state index in [9.17, 15) is 9.59 Å². The Labute approximate surface area is 160 Å². The molecule has 0 fully saturated rings. The lowest BCUT2D eigenvalue weighted by molar-refractivity contribution is 0.0600. The van der Waals surface area contributed by atoms with E-state index in [0.29, 0.717) is 33.3 Å². The highest BCUT2D eigenvalue weighted by molar-refractivity contribution is 6.30. The molecule has 0 amide bonds. The Hall–Kier alpha value is -3.31. The van der Waals surface area contributed by atoms with Crippen LogP contribution in [-0.4, -0.2) is 19.0 Å². The van der Waals surface area contributed by atoms with Crippen molar-refractivity contribution >= 4 is 40.6 Å². The predicted octanol–water partition coefficient (Wildman–Crippen LogP) is 5.13. The van der Waals surface area contributed by atoms with Gasteiger partial charge in [-0.05, 0) is 48.5 Å². The molecule has 0 saturated carbocycles. The number of halogens is 1. The van der Waals surface area contributed by atoms with Gasteiger partial charge in [0.05, 0.1) is 29.6 Å². The van der Waals surface area contributed by atoms with Crippen LogP contribution in [-0.2, 0) is 4.74 Å². The Bertz CT molecular complexity index is 1060. The largest absolute Gasteiger partial charge is 0.465 e. The van der Waals surface area contributed by atoms with Gasteiger partial charge in [-0.1, -0.05) is 29.8 Å². The molecule has 27 heavy (non-hydrogen) atoms. The molecule has 0 aromatic heterocycles. The molecule has 1 aliphatic heterocycles. The second-order valence-electron chi connectivity index (χ2n) is 5.90. The number of methoxy groups -OCH3 is 1. The highest BCUT2D eigenvalue weighted by Crippen LogP contribution is 2.45. The molecule has 0 bridgehead atoms. The first kappa shape index (κ1) is 17.1. The summed E-state index contributed by atoms with van der Waals surface area (Å²) in [5.41, 5.74) is 2.66. The van der Waals surface area contributed by atoms with Crippen LogP contribution in [0.3, 0.4) is 0 Å². The number of esters is 2. The van der Waals surface area contributed by atoms with Crippen LogP contribution in [0.25, 0.3) is 0 Å². The molecule has 0 unspecified atom stereocenters. The summed E-state index contributed by atoms with van der Waals surface area (Å²) in [7, 11) is 1.32. The van der Waals surface area contributed by atoms with Gasteiger partial charge in [-0.25, -0.2) is 9.59 Å². The molecular formula is C21H14ClNO4. The van der Waals surface area contributed by atoms with Gasteiger partial charge in [0.2, 0.25) is 0 Å². The third kappa shape index (κ3) is 3.02. The van der Waals surface area contributed by atoms with Gasteiger partial charge in [0.15, 0.2) is 5.75 Å². The fraction of sp³-hybridized carbons (Fsp3) is 0.0476. The molecule has 0 atom stereocenters. The smallest absolute Gasteiger partial charge is 0.345 e. The van der Waals surface area contributed by atoms with Crippen molar-refractivity contribution in [2.75, 3.05) is 12.0 Å². The normalized spacial score (nSPS) is 12.5. The summed E-state index contributed by atoms with van der Waals surface area (Å²) in [6, 6.07) is 19.1. The van der Waals surface area contributed by atoms with Gasteiger partial charge < -0.3 is 14.4 Å². The van der Waals surface area contributed by atoms with Gasteiger partial charge in [0, 0.05) is 10.7 Å². The first-order chi connectivity index (χ1) is 13.1. The highest BCUT2D eigenvalue weighted by atomic mass is 35.5. The van der Waals surface area contributed by atoms with Crippen LogP contribution >= 0.6 is 11.6 Å². The van der Waals surface area contributed by atoms with Gasteiger partial charge >= 0.3 is 11.9 Å². The minimum Gasteiger partial charge on any atom is -0.465 e. The lowest BCUT2D eigenvalue weighted by Crippen LogP contribution is -2.12. The van der Waals surface area contributed by atoms with E-state index in [2.05, 4.69) is 0 Å². The second-order valence-corrected chi connectivity index (χ2v) is 6.33. The molecule has 3 aromatic carbocycles. The van der Waals surface area contributed by atoms with Crippen molar-refractivity contribution in [2.24, 2.45) is 0 Å². The van der Waals surface area contributed by atoms with E-state index in [-0.39, 0.29) is 0 Å². The van der Waals surface area contributed by atoms with Gasteiger partial charge in [-0.15, -0.1) is 0 Å². The molecular weight excluding hydrogens is 366 g/mol. The zero-order valence-corrected chi connectivity index (χ0v) is 15.1. The van der Waals surface area contributed by atoms with Crippen LogP contribution in [0.15, 0.2) is 66.7 Å². The maximum absolute atomic E-state index is 12.6. The Morgan fingerprint density at radius 3 is 2.59 bits per heavy atom. The number of rotatable bonds is 2. The number of nitrogens with zero attached hydrogens (tertiary/aromatic N) is 1. The maximum Gasteiger partial charge on any atom is 0.345 e. The van der Waals surface area contributed by atoms with E-state index >= 15 is 0 Å². The lowest BCUT2D eigenvalue weighted by Gasteiger charge is -2.26. The number of para-hydroxylation sites is 1. The zero-order chi connectivity index (χ0) is 19.0. The number of ether oxygens (including phenoxy) is 2. The van der Waals surface area contributed by atoms with Crippen molar-refractivity contribution in [2.45, 2.75) is 0 Å². The second kappa shape index (κ2) is 6.78. The standard InChI is InChI=1S/C21H14ClNO4/c1-26-20(24)13-9-10-19-18(11-13)23(15-6-4-5-14(22)12-15)17-8-3-2-7-16(17)21(25)27-19/h2-12H,1H3. The van der Waals surface area contributed by atoms with Crippen molar-refractivity contribution in [3.05, 3.63) is 82.9 Å². The molecule has 0 N–H and O–H groups in total. The molecule has 1 heterocycles. The molecule has 134 valence electrons. The monoisotopic (exact) mass is 379 g/mol. The summed E-state index contributed by atoms with van der Waals surface area (Å²) in [5.74, 6) is -0.612. The summed E-state index contributed by atoms with van der Waals surface area (Å²) >= 11 is 6.19. The fourth-order valence-corrected chi connectivity index (χ4v) is 3.23. The van der Waals surface area contributed by atoms with Crippen molar-refractivity contribution in [1.29, 1.82) is 0 Å². The third-order valence-electron chi connectivity index (χ3n) is 4.25.